The van der Waals surface area contributed by atoms with Gasteiger partial charge in [-0.15, -0.1) is 0 Å². The number of rotatable bonds is 4. The number of hydrogen-bond acceptors (Lipinski definition) is 5. The molecule has 1 N–H and O–H groups in total. The van der Waals surface area contributed by atoms with E-state index in [2.05, 4.69) is 4.98 Å². The Morgan fingerprint density at radius 1 is 1.08 bits per heavy atom. The second-order valence-corrected chi connectivity index (χ2v) is 5.77. The number of carbonyl (C=O) groups excluding carboxylic acids is 2. The second-order valence-electron chi connectivity index (χ2n) is 5.77. The van der Waals surface area contributed by atoms with Crippen molar-refractivity contribution in [2.75, 3.05) is 4.90 Å². The molecule has 26 heavy (non-hydrogen) atoms. The molecule has 128 valence electrons. The van der Waals surface area contributed by atoms with E-state index < -0.39 is 23.5 Å². The van der Waals surface area contributed by atoms with Gasteiger partial charge in [-0.25, -0.2) is 0 Å². The number of ketones is 1. The number of pyridine rings is 1. The predicted molar refractivity (Wildman–Crippen MR) is 93.6 cm³/mol. The highest BCUT2D eigenvalue weighted by Gasteiger charge is 2.45. The number of nitrogens with zero attached hydrogens (tertiary/aromatic N) is 2. The SMILES string of the molecule is O=C(C1=C(O)C(=O)N(c2cccnc2)C1c1ccccc1)c1ccco1. The van der Waals surface area contributed by atoms with E-state index in [9.17, 15) is 14.7 Å². The Morgan fingerprint density at radius 2 is 1.88 bits per heavy atom. The van der Waals surface area contributed by atoms with Crippen LogP contribution in [0.4, 0.5) is 5.69 Å². The molecule has 0 radical (unpaired) electrons. The van der Waals surface area contributed by atoms with Gasteiger partial charge in [0.1, 0.15) is 0 Å². The Bertz CT molecular complexity index is 979. The van der Waals surface area contributed by atoms with Crippen LogP contribution in [-0.2, 0) is 4.79 Å². The highest BCUT2D eigenvalue weighted by Crippen LogP contribution is 2.41. The Hall–Kier alpha value is -3.67. The predicted octanol–water partition coefficient (Wildman–Crippen LogP) is 3.46. The molecule has 1 unspecified atom stereocenters. The molecule has 3 heterocycles. The molecular formula is C20H14N2O4. The molecule has 3 aromatic rings. The fraction of sp³-hybridized carbons (Fsp3) is 0.0500. The molecule has 6 nitrogen and oxygen atoms in total. The van der Waals surface area contributed by atoms with E-state index in [1.807, 2.05) is 18.2 Å². The van der Waals surface area contributed by atoms with Crippen molar-refractivity contribution in [3.63, 3.8) is 0 Å². The first-order valence-corrected chi connectivity index (χ1v) is 7.98. The smallest absolute Gasteiger partial charge is 0.294 e. The average Bonchev–Trinajstić information content (AvgIpc) is 3.31. The number of anilines is 1. The molecule has 0 aliphatic carbocycles. The van der Waals surface area contributed by atoms with Crippen molar-refractivity contribution in [2.45, 2.75) is 6.04 Å². The molecule has 2 aromatic heterocycles. The maximum Gasteiger partial charge on any atom is 0.294 e. The lowest BCUT2D eigenvalue weighted by atomic mass is 9.95. The summed E-state index contributed by atoms with van der Waals surface area (Å²) >= 11 is 0. The summed E-state index contributed by atoms with van der Waals surface area (Å²) in [5, 5.41) is 10.5. The van der Waals surface area contributed by atoms with Crippen LogP contribution in [0.15, 0.2) is 89.0 Å². The van der Waals surface area contributed by atoms with Gasteiger partial charge in [0.15, 0.2) is 11.5 Å². The topological polar surface area (TPSA) is 83.6 Å². The van der Waals surface area contributed by atoms with Crippen LogP contribution in [0.5, 0.6) is 0 Å². The first kappa shape index (κ1) is 15.8. The van der Waals surface area contributed by atoms with Gasteiger partial charge in [0.25, 0.3) is 5.91 Å². The van der Waals surface area contributed by atoms with Crippen LogP contribution < -0.4 is 4.90 Å². The summed E-state index contributed by atoms with van der Waals surface area (Å²) in [5.74, 6) is -1.69. The zero-order valence-corrected chi connectivity index (χ0v) is 13.6. The first-order valence-electron chi connectivity index (χ1n) is 7.98. The molecule has 0 saturated carbocycles. The second kappa shape index (κ2) is 6.33. The number of Topliss-reactive ketones (excluding diaryl/α,β-unsaturated/α-hetero) is 1. The zero-order chi connectivity index (χ0) is 18.1. The Morgan fingerprint density at radius 3 is 2.54 bits per heavy atom. The van der Waals surface area contributed by atoms with E-state index in [1.54, 1.807) is 36.5 Å². The molecule has 6 heteroatoms. The van der Waals surface area contributed by atoms with Gasteiger partial charge in [0.2, 0.25) is 5.78 Å². The number of amides is 1. The van der Waals surface area contributed by atoms with Crippen molar-refractivity contribution in [3.05, 3.63) is 95.9 Å². The summed E-state index contributed by atoms with van der Waals surface area (Å²) in [5.41, 5.74) is 1.17. The van der Waals surface area contributed by atoms with Gasteiger partial charge >= 0.3 is 0 Å². The summed E-state index contributed by atoms with van der Waals surface area (Å²) in [4.78, 5) is 31.1. The summed E-state index contributed by atoms with van der Waals surface area (Å²) in [7, 11) is 0. The fourth-order valence-electron chi connectivity index (χ4n) is 3.09. The Kier molecular flexibility index (Phi) is 3.85. The van der Waals surface area contributed by atoms with Crippen LogP contribution >= 0.6 is 0 Å². The van der Waals surface area contributed by atoms with Crippen molar-refractivity contribution >= 4 is 17.4 Å². The molecule has 4 rings (SSSR count). The van der Waals surface area contributed by atoms with Gasteiger partial charge in [-0.1, -0.05) is 30.3 Å². The third-order valence-electron chi connectivity index (χ3n) is 4.24. The quantitative estimate of drug-likeness (QED) is 0.732. The number of benzene rings is 1. The van der Waals surface area contributed by atoms with E-state index in [1.165, 1.54) is 23.4 Å². The van der Waals surface area contributed by atoms with Crippen molar-refractivity contribution in [3.8, 4) is 0 Å². The highest BCUT2D eigenvalue weighted by atomic mass is 16.3. The number of furan rings is 1. The van der Waals surface area contributed by atoms with E-state index in [-0.39, 0.29) is 11.3 Å². The number of aliphatic hydroxyl groups is 1. The van der Waals surface area contributed by atoms with E-state index >= 15 is 0 Å². The van der Waals surface area contributed by atoms with Gasteiger partial charge in [-0.05, 0) is 29.8 Å². The molecule has 0 spiro atoms. The normalized spacial score (nSPS) is 17.0. The number of aromatic nitrogens is 1. The van der Waals surface area contributed by atoms with Crippen LogP contribution in [0.1, 0.15) is 22.2 Å². The van der Waals surface area contributed by atoms with Gasteiger partial charge < -0.3 is 9.52 Å². The van der Waals surface area contributed by atoms with E-state index in [4.69, 9.17) is 4.42 Å². The molecule has 0 fully saturated rings. The third kappa shape index (κ3) is 2.48. The number of carbonyl (C=O) groups is 2. The van der Waals surface area contributed by atoms with E-state index in [0.717, 1.165) is 0 Å². The molecule has 1 aliphatic rings. The highest BCUT2D eigenvalue weighted by molar-refractivity contribution is 6.20. The standard InChI is InChI=1S/C20H14N2O4/c23-18(15-9-5-11-26-15)16-17(13-6-2-1-3-7-13)22(20(25)19(16)24)14-8-4-10-21-12-14/h1-12,17,24H. The van der Waals surface area contributed by atoms with Crippen molar-refractivity contribution in [2.24, 2.45) is 0 Å². The van der Waals surface area contributed by atoms with Crippen LogP contribution in [0.25, 0.3) is 0 Å². The molecule has 0 bridgehead atoms. The van der Waals surface area contributed by atoms with Crippen LogP contribution in [0, 0.1) is 0 Å². The van der Waals surface area contributed by atoms with Gasteiger partial charge in [0, 0.05) is 6.20 Å². The molecule has 0 saturated heterocycles. The fourth-order valence-corrected chi connectivity index (χ4v) is 3.09. The minimum absolute atomic E-state index is 0.0139. The summed E-state index contributed by atoms with van der Waals surface area (Å²) in [6, 6.07) is 14.8. The minimum atomic E-state index is -0.773. The van der Waals surface area contributed by atoms with Crippen LogP contribution in [0.2, 0.25) is 0 Å². The van der Waals surface area contributed by atoms with Crippen LogP contribution in [0.3, 0.4) is 0 Å². The van der Waals surface area contributed by atoms with Gasteiger partial charge in [0.05, 0.1) is 29.8 Å². The molecule has 1 amide bonds. The molecule has 1 aliphatic heterocycles. The van der Waals surface area contributed by atoms with Gasteiger partial charge in [-0.3, -0.25) is 19.5 Å². The summed E-state index contributed by atoms with van der Waals surface area (Å²) in [6.07, 6.45) is 4.48. The summed E-state index contributed by atoms with van der Waals surface area (Å²) in [6.45, 7) is 0. The lowest BCUT2D eigenvalue weighted by molar-refractivity contribution is -0.117. The molecule has 1 atom stereocenters. The molecule has 1 aromatic carbocycles. The van der Waals surface area contributed by atoms with E-state index in [0.29, 0.717) is 11.3 Å². The first-order chi connectivity index (χ1) is 12.7. The minimum Gasteiger partial charge on any atom is -0.503 e. The zero-order valence-electron chi connectivity index (χ0n) is 13.6. The lowest BCUT2D eigenvalue weighted by Gasteiger charge is -2.26. The number of hydrogen-bond donors (Lipinski definition) is 1. The maximum absolute atomic E-state index is 12.9. The van der Waals surface area contributed by atoms with Gasteiger partial charge in [-0.2, -0.15) is 0 Å². The Balaban J connectivity index is 1.88. The Labute approximate surface area is 149 Å². The molecular weight excluding hydrogens is 332 g/mol. The number of aliphatic hydroxyl groups excluding tert-OH is 1. The summed E-state index contributed by atoms with van der Waals surface area (Å²) < 4.78 is 5.18. The average molecular weight is 346 g/mol. The third-order valence-corrected chi connectivity index (χ3v) is 4.24. The maximum atomic E-state index is 12.9. The van der Waals surface area contributed by atoms with Crippen LogP contribution in [-0.4, -0.2) is 21.8 Å². The van der Waals surface area contributed by atoms with Crippen molar-refractivity contribution in [1.82, 2.24) is 4.98 Å². The lowest BCUT2D eigenvalue weighted by Crippen LogP contribution is -2.31. The van der Waals surface area contributed by atoms with Crippen molar-refractivity contribution in [1.29, 1.82) is 0 Å². The van der Waals surface area contributed by atoms with Crippen molar-refractivity contribution < 1.29 is 19.1 Å². The monoisotopic (exact) mass is 346 g/mol. The largest absolute Gasteiger partial charge is 0.503 e.